The molecule has 2 aromatic rings. The molecule has 1 N–H and O–H groups in total. The highest BCUT2D eigenvalue weighted by atomic mass is 16.4. The average Bonchev–Trinajstić information content (AvgIpc) is 3.41. The highest BCUT2D eigenvalue weighted by molar-refractivity contribution is 6.02. The van der Waals surface area contributed by atoms with Gasteiger partial charge in [0.05, 0.1) is 0 Å². The van der Waals surface area contributed by atoms with E-state index in [4.69, 9.17) is 0 Å². The minimum Gasteiger partial charge on any atom is -0.465 e. The zero-order chi connectivity index (χ0) is 21.5. The Morgan fingerprint density at radius 2 is 1.58 bits per heavy atom. The summed E-state index contributed by atoms with van der Waals surface area (Å²) >= 11 is 0. The predicted octanol–water partition coefficient (Wildman–Crippen LogP) is 2.87. The van der Waals surface area contributed by atoms with E-state index in [1.54, 1.807) is 0 Å². The quantitative estimate of drug-likeness (QED) is 0.771. The summed E-state index contributed by atoms with van der Waals surface area (Å²) in [6.45, 7) is 2.53. The molecule has 3 atom stereocenters. The third kappa shape index (κ3) is 3.49. The van der Waals surface area contributed by atoms with Gasteiger partial charge < -0.3 is 5.11 Å². The fourth-order valence-electron chi connectivity index (χ4n) is 5.45. The molecule has 7 nitrogen and oxygen atoms in total. The summed E-state index contributed by atoms with van der Waals surface area (Å²) in [5.41, 5.74) is 3.57. The summed E-state index contributed by atoms with van der Waals surface area (Å²) in [5, 5.41) is 9.70. The van der Waals surface area contributed by atoms with E-state index in [2.05, 4.69) is 29.2 Å². The van der Waals surface area contributed by atoms with Crippen LogP contribution in [0.3, 0.4) is 0 Å². The van der Waals surface area contributed by atoms with Crippen LogP contribution in [-0.4, -0.2) is 63.5 Å². The van der Waals surface area contributed by atoms with Crippen molar-refractivity contribution in [3.8, 4) is 11.1 Å². The molecule has 3 unspecified atom stereocenters. The van der Waals surface area contributed by atoms with E-state index in [-0.39, 0.29) is 36.5 Å². The number of carboxylic acid groups (broad SMARTS) is 1. The van der Waals surface area contributed by atoms with Gasteiger partial charge in [0.25, 0.3) is 0 Å². The van der Waals surface area contributed by atoms with Crippen LogP contribution in [0.25, 0.3) is 11.1 Å². The van der Waals surface area contributed by atoms with E-state index in [0.29, 0.717) is 13.1 Å². The van der Waals surface area contributed by atoms with Gasteiger partial charge in [0.15, 0.2) is 0 Å². The summed E-state index contributed by atoms with van der Waals surface area (Å²) in [6.07, 6.45) is -1.39. The number of carbonyl (C=O) groups is 3. The molecule has 3 aliphatic heterocycles. The third-order valence-electron chi connectivity index (χ3n) is 6.80. The highest BCUT2D eigenvalue weighted by Crippen LogP contribution is 2.40. The second-order valence-electron chi connectivity index (χ2n) is 8.65. The van der Waals surface area contributed by atoms with Gasteiger partial charge in [-0.15, -0.1) is 0 Å². The first kappa shape index (κ1) is 19.8. The van der Waals surface area contributed by atoms with Gasteiger partial charge in [-0.3, -0.25) is 24.3 Å². The first-order valence-electron chi connectivity index (χ1n) is 10.7. The molecule has 31 heavy (non-hydrogen) atoms. The Morgan fingerprint density at radius 1 is 0.903 bits per heavy atom. The van der Waals surface area contributed by atoms with Gasteiger partial charge in [0, 0.05) is 44.9 Å². The molecule has 0 spiro atoms. The predicted molar refractivity (Wildman–Crippen MR) is 114 cm³/mol. The number of hydrogen-bond donors (Lipinski definition) is 1. The van der Waals surface area contributed by atoms with Crippen molar-refractivity contribution in [2.45, 2.75) is 25.6 Å². The van der Waals surface area contributed by atoms with Crippen LogP contribution in [0.4, 0.5) is 4.79 Å². The number of likely N-dealkylation sites (tertiary alicyclic amines) is 3. The highest BCUT2D eigenvalue weighted by Gasteiger charge is 2.54. The SMILES string of the molecule is O=C(O)N1CC2CN(Cc3ccccc3-c3ccccc3)CC2C1N1C(=O)CCC1=O. The number of amides is 3. The van der Waals surface area contributed by atoms with E-state index in [0.717, 1.165) is 13.1 Å². The van der Waals surface area contributed by atoms with Gasteiger partial charge in [-0.1, -0.05) is 54.6 Å². The normalized spacial score (nSPS) is 26.0. The van der Waals surface area contributed by atoms with Crippen LogP contribution in [0.5, 0.6) is 0 Å². The second kappa shape index (κ2) is 7.81. The third-order valence-corrected chi connectivity index (χ3v) is 6.80. The monoisotopic (exact) mass is 419 g/mol. The van der Waals surface area contributed by atoms with Gasteiger partial charge in [-0.25, -0.2) is 4.79 Å². The first-order valence-corrected chi connectivity index (χ1v) is 10.7. The molecule has 0 saturated carbocycles. The van der Waals surface area contributed by atoms with Crippen LogP contribution in [0, 0.1) is 11.8 Å². The molecular weight excluding hydrogens is 394 g/mol. The maximum atomic E-state index is 12.4. The molecule has 7 heteroatoms. The molecule has 0 aromatic heterocycles. The van der Waals surface area contributed by atoms with Gasteiger partial charge in [0.1, 0.15) is 6.17 Å². The fraction of sp³-hybridized carbons (Fsp3) is 0.375. The molecule has 160 valence electrons. The topological polar surface area (TPSA) is 81.2 Å². The first-order chi connectivity index (χ1) is 15.0. The molecular formula is C24H25N3O4. The standard InChI is InChI=1S/C24H25N3O4/c28-21-10-11-22(29)27(21)23-20-15-25(13-18(20)14-26(23)24(30)31)12-17-8-4-5-9-19(17)16-6-2-1-3-7-16/h1-9,18,20,23H,10-15H2,(H,30,31). The Morgan fingerprint density at radius 3 is 2.29 bits per heavy atom. The summed E-state index contributed by atoms with van der Waals surface area (Å²) in [6, 6.07) is 18.6. The lowest BCUT2D eigenvalue weighted by molar-refractivity contribution is -0.145. The molecule has 0 aliphatic carbocycles. The summed E-state index contributed by atoms with van der Waals surface area (Å²) in [5.74, 6) is -0.443. The van der Waals surface area contributed by atoms with E-state index >= 15 is 0 Å². The lowest BCUT2D eigenvalue weighted by atomic mass is 9.97. The van der Waals surface area contributed by atoms with Gasteiger partial charge >= 0.3 is 6.09 Å². The lowest BCUT2D eigenvalue weighted by Gasteiger charge is -2.33. The Kier molecular flexibility index (Phi) is 4.98. The number of fused-ring (bicyclic) bond motifs is 1. The number of imide groups is 1. The van der Waals surface area contributed by atoms with Crippen molar-refractivity contribution in [1.82, 2.24) is 14.7 Å². The van der Waals surface area contributed by atoms with Crippen molar-refractivity contribution in [2.24, 2.45) is 11.8 Å². The Balaban J connectivity index is 1.38. The van der Waals surface area contributed by atoms with Crippen molar-refractivity contribution in [1.29, 1.82) is 0 Å². The number of benzene rings is 2. The summed E-state index contributed by atoms with van der Waals surface area (Å²) in [7, 11) is 0. The van der Waals surface area contributed by atoms with Crippen LogP contribution in [0.2, 0.25) is 0 Å². The fourth-order valence-corrected chi connectivity index (χ4v) is 5.45. The lowest BCUT2D eigenvalue weighted by Crippen LogP contribution is -2.53. The molecule has 3 aliphatic rings. The zero-order valence-electron chi connectivity index (χ0n) is 17.2. The average molecular weight is 419 g/mol. The number of carbonyl (C=O) groups excluding carboxylic acids is 2. The molecule has 5 rings (SSSR count). The molecule has 0 radical (unpaired) electrons. The largest absolute Gasteiger partial charge is 0.465 e. The van der Waals surface area contributed by atoms with E-state index in [9.17, 15) is 19.5 Å². The Labute approximate surface area is 180 Å². The minimum atomic E-state index is -1.06. The maximum absolute atomic E-state index is 12.4. The summed E-state index contributed by atoms with van der Waals surface area (Å²) in [4.78, 5) is 41.4. The van der Waals surface area contributed by atoms with Gasteiger partial charge in [-0.05, 0) is 22.6 Å². The smallest absolute Gasteiger partial charge is 0.408 e. The van der Waals surface area contributed by atoms with Crippen LogP contribution in [-0.2, 0) is 16.1 Å². The van der Waals surface area contributed by atoms with Crippen molar-refractivity contribution in [3.05, 3.63) is 60.2 Å². The number of hydrogen-bond acceptors (Lipinski definition) is 4. The number of nitrogens with zero attached hydrogens (tertiary/aromatic N) is 3. The molecule has 3 fully saturated rings. The van der Waals surface area contributed by atoms with Crippen molar-refractivity contribution < 1.29 is 19.5 Å². The second-order valence-corrected chi connectivity index (χ2v) is 8.65. The van der Waals surface area contributed by atoms with Gasteiger partial charge in [-0.2, -0.15) is 0 Å². The summed E-state index contributed by atoms with van der Waals surface area (Å²) < 4.78 is 0. The van der Waals surface area contributed by atoms with E-state index in [1.807, 2.05) is 30.3 Å². The van der Waals surface area contributed by atoms with E-state index < -0.39 is 12.3 Å². The van der Waals surface area contributed by atoms with Crippen molar-refractivity contribution in [3.63, 3.8) is 0 Å². The van der Waals surface area contributed by atoms with Crippen LogP contribution in [0.1, 0.15) is 18.4 Å². The van der Waals surface area contributed by atoms with Crippen LogP contribution >= 0.6 is 0 Å². The Hall–Kier alpha value is -3.19. The molecule has 3 saturated heterocycles. The molecule has 3 heterocycles. The van der Waals surface area contributed by atoms with Crippen LogP contribution in [0.15, 0.2) is 54.6 Å². The van der Waals surface area contributed by atoms with Crippen molar-refractivity contribution in [2.75, 3.05) is 19.6 Å². The minimum absolute atomic E-state index is 0.0500. The zero-order valence-corrected chi connectivity index (χ0v) is 17.2. The Bertz CT molecular complexity index is 1010. The molecule has 2 aromatic carbocycles. The molecule has 0 bridgehead atoms. The van der Waals surface area contributed by atoms with E-state index in [1.165, 1.54) is 26.5 Å². The van der Waals surface area contributed by atoms with Crippen LogP contribution < -0.4 is 0 Å². The maximum Gasteiger partial charge on any atom is 0.408 e. The number of rotatable bonds is 4. The van der Waals surface area contributed by atoms with Gasteiger partial charge in [0.2, 0.25) is 11.8 Å². The molecule has 3 amide bonds. The van der Waals surface area contributed by atoms with Crippen molar-refractivity contribution >= 4 is 17.9 Å².